The molecule has 22 heavy (non-hydrogen) atoms. The van der Waals surface area contributed by atoms with Crippen molar-refractivity contribution in [3.05, 3.63) is 48.0 Å². The van der Waals surface area contributed by atoms with Crippen molar-refractivity contribution in [3.8, 4) is 0 Å². The molecule has 0 aromatic heterocycles. The topological polar surface area (TPSA) is 72.8 Å². The third-order valence-corrected chi connectivity index (χ3v) is 2.77. The van der Waals surface area contributed by atoms with E-state index in [0.717, 1.165) is 5.56 Å². The van der Waals surface area contributed by atoms with Crippen LogP contribution in [-0.2, 0) is 25.7 Å². The SMILES string of the molecule is CCOC(=O)CC(=O)C[C@H](O)/C=C/COCc1ccccc1. The van der Waals surface area contributed by atoms with Gasteiger partial charge < -0.3 is 14.6 Å². The molecular weight excluding hydrogens is 284 g/mol. The van der Waals surface area contributed by atoms with Gasteiger partial charge in [-0.1, -0.05) is 42.5 Å². The third kappa shape index (κ3) is 8.34. The monoisotopic (exact) mass is 306 g/mol. The van der Waals surface area contributed by atoms with E-state index in [2.05, 4.69) is 4.74 Å². The van der Waals surface area contributed by atoms with Crippen LogP contribution in [0.5, 0.6) is 0 Å². The van der Waals surface area contributed by atoms with Crippen LogP contribution in [0.3, 0.4) is 0 Å². The molecule has 1 atom stereocenters. The average Bonchev–Trinajstić information content (AvgIpc) is 2.48. The van der Waals surface area contributed by atoms with E-state index in [1.54, 1.807) is 13.0 Å². The lowest BCUT2D eigenvalue weighted by molar-refractivity contribution is -0.145. The fourth-order valence-corrected chi connectivity index (χ4v) is 1.78. The van der Waals surface area contributed by atoms with Gasteiger partial charge in [0.1, 0.15) is 12.2 Å². The Hall–Kier alpha value is -1.98. The summed E-state index contributed by atoms with van der Waals surface area (Å²) in [6.07, 6.45) is 1.83. The Kier molecular flexibility index (Phi) is 8.79. The average molecular weight is 306 g/mol. The summed E-state index contributed by atoms with van der Waals surface area (Å²) < 4.78 is 10.1. The van der Waals surface area contributed by atoms with Gasteiger partial charge >= 0.3 is 5.97 Å². The highest BCUT2D eigenvalue weighted by atomic mass is 16.5. The lowest BCUT2D eigenvalue weighted by Crippen LogP contribution is -2.16. The van der Waals surface area contributed by atoms with E-state index in [9.17, 15) is 14.7 Å². The molecule has 1 N–H and O–H groups in total. The maximum atomic E-state index is 11.5. The van der Waals surface area contributed by atoms with E-state index in [-0.39, 0.29) is 25.2 Å². The van der Waals surface area contributed by atoms with Crippen LogP contribution in [0, 0.1) is 0 Å². The molecule has 1 aromatic carbocycles. The molecule has 1 rings (SSSR count). The summed E-state index contributed by atoms with van der Waals surface area (Å²) in [4.78, 5) is 22.6. The molecule has 0 heterocycles. The van der Waals surface area contributed by atoms with Crippen molar-refractivity contribution in [2.24, 2.45) is 0 Å². The quantitative estimate of drug-likeness (QED) is 0.310. The van der Waals surface area contributed by atoms with Crippen molar-refractivity contribution in [2.45, 2.75) is 32.5 Å². The van der Waals surface area contributed by atoms with Gasteiger partial charge in [0, 0.05) is 6.42 Å². The van der Waals surface area contributed by atoms with Crippen LogP contribution in [-0.4, -0.2) is 36.2 Å². The fourth-order valence-electron chi connectivity index (χ4n) is 1.78. The standard InChI is InChI=1S/C17H22O5/c1-2-22-17(20)12-16(19)11-15(18)9-6-10-21-13-14-7-4-3-5-8-14/h3-9,15,18H,2,10-13H2,1H3/b9-6+/t15-/m1/s1. The Morgan fingerprint density at radius 2 is 2.00 bits per heavy atom. The van der Waals surface area contributed by atoms with Gasteiger partial charge in [0.2, 0.25) is 0 Å². The van der Waals surface area contributed by atoms with Gasteiger partial charge in [0.25, 0.3) is 0 Å². The molecule has 0 aliphatic heterocycles. The predicted octanol–water partition coefficient (Wildman–Crippen LogP) is 2.03. The number of carbonyl (C=O) groups is 2. The number of ketones is 1. The Morgan fingerprint density at radius 1 is 1.27 bits per heavy atom. The molecule has 5 heteroatoms. The first-order valence-corrected chi connectivity index (χ1v) is 7.25. The Morgan fingerprint density at radius 3 is 2.68 bits per heavy atom. The highest BCUT2D eigenvalue weighted by Gasteiger charge is 2.13. The number of Topliss-reactive ketones (excluding diaryl/α,β-unsaturated/α-hetero) is 1. The largest absolute Gasteiger partial charge is 0.466 e. The fraction of sp³-hybridized carbons (Fsp3) is 0.412. The van der Waals surface area contributed by atoms with Crippen molar-refractivity contribution in [1.82, 2.24) is 0 Å². The zero-order chi connectivity index (χ0) is 16.2. The zero-order valence-electron chi connectivity index (χ0n) is 12.7. The minimum absolute atomic E-state index is 0.103. The molecule has 0 aliphatic carbocycles. The summed E-state index contributed by atoms with van der Waals surface area (Å²) >= 11 is 0. The highest BCUT2D eigenvalue weighted by Crippen LogP contribution is 2.02. The van der Waals surface area contributed by atoms with Crippen LogP contribution in [0.2, 0.25) is 0 Å². The predicted molar refractivity (Wildman–Crippen MR) is 82.1 cm³/mol. The van der Waals surface area contributed by atoms with Crippen molar-refractivity contribution < 1.29 is 24.2 Å². The van der Waals surface area contributed by atoms with Gasteiger partial charge in [0.05, 0.1) is 25.9 Å². The van der Waals surface area contributed by atoms with Crippen LogP contribution in [0.1, 0.15) is 25.3 Å². The minimum atomic E-state index is -0.915. The Bertz CT molecular complexity index is 481. The van der Waals surface area contributed by atoms with Gasteiger partial charge in [-0.05, 0) is 12.5 Å². The zero-order valence-corrected chi connectivity index (χ0v) is 12.7. The molecule has 0 radical (unpaired) electrons. The molecule has 0 aliphatic rings. The number of benzene rings is 1. The molecule has 0 bridgehead atoms. The number of aliphatic hydroxyl groups is 1. The van der Waals surface area contributed by atoms with Crippen LogP contribution in [0.4, 0.5) is 0 Å². The van der Waals surface area contributed by atoms with E-state index in [1.807, 2.05) is 30.3 Å². The van der Waals surface area contributed by atoms with E-state index in [0.29, 0.717) is 13.2 Å². The normalized spacial score (nSPS) is 12.3. The van der Waals surface area contributed by atoms with Crippen molar-refractivity contribution >= 4 is 11.8 Å². The van der Waals surface area contributed by atoms with Gasteiger partial charge in [-0.3, -0.25) is 9.59 Å². The third-order valence-electron chi connectivity index (χ3n) is 2.77. The first kappa shape index (κ1) is 18.1. The summed E-state index contributed by atoms with van der Waals surface area (Å²) in [6, 6.07) is 9.74. The van der Waals surface area contributed by atoms with Gasteiger partial charge in [0.15, 0.2) is 0 Å². The summed E-state index contributed by atoms with van der Waals surface area (Å²) in [5, 5.41) is 9.66. The Balaban J connectivity index is 2.17. The molecule has 120 valence electrons. The maximum Gasteiger partial charge on any atom is 0.313 e. The molecule has 0 spiro atoms. The first-order valence-electron chi connectivity index (χ1n) is 7.25. The van der Waals surface area contributed by atoms with Crippen LogP contribution in [0.25, 0.3) is 0 Å². The molecule has 0 amide bonds. The number of carbonyl (C=O) groups excluding carboxylic acids is 2. The van der Waals surface area contributed by atoms with Crippen LogP contribution in [0.15, 0.2) is 42.5 Å². The molecule has 5 nitrogen and oxygen atoms in total. The second kappa shape index (κ2) is 10.7. The molecule has 1 aromatic rings. The lowest BCUT2D eigenvalue weighted by atomic mass is 10.1. The van der Waals surface area contributed by atoms with Crippen LogP contribution >= 0.6 is 0 Å². The van der Waals surface area contributed by atoms with E-state index in [1.165, 1.54) is 6.08 Å². The number of esters is 1. The van der Waals surface area contributed by atoms with E-state index < -0.39 is 12.1 Å². The van der Waals surface area contributed by atoms with E-state index in [4.69, 9.17) is 4.74 Å². The number of ether oxygens (including phenoxy) is 2. The minimum Gasteiger partial charge on any atom is -0.466 e. The second-order valence-electron chi connectivity index (χ2n) is 4.72. The van der Waals surface area contributed by atoms with Gasteiger partial charge in [-0.25, -0.2) is 0 Å². The highest BCUT2D eigenvalue weighted by molar-refractivity contribution is 5.95. The molecule has 0 fully saturated rings. The van der Waals surface area contributed by atoms with E-state index >= 15 is 0 Å². The number of aliphatic hydroxyl groups excluding tert-OH is 1. The Labute approximate surface area is 130 Å². The lowest BCUT2D eigenvalue weighted by Gasteiger charge is -2.05. The number of hydrogen-bond acceptors (Lipinski definition) is 5. The smallest absolute Gasteiger partial charge is 0.313 e. The summed E-state index contributed by atoms with van der Waals surface area (Å²) in [7, 11) is 0. The van der Waals surface area contributed by atoms with Crippen molar-refractivity contribution in [2.75, 3.05) is 13.2 Å². The molecule has 0 saturated carbocycles. The first-order chi connectivity index (χ1) is 10.6. The maximum absolute atomic E-state index is 11.5. The number of rotatable bonds is 10. The molecular formula is C17H22O5. The summed E-state index contributed by atoms with van der Waals surface area (Å²) in [6.45, 7) is 2.75. The van der Waals surface area contributed by atoms with Crippen LogP contribution < -0.4 is 0 Å². The second-order valence-corrected chi connectivity index (χ2v) is 4.72. The molecule has 0 saturated heterocycles. The number of hydrogen-bond donors (Lipinski definition) is 1. The van der Waals surface area contributed by atoms with Crippen molar-refractivity contribution in [3.63, 3.8) is 0 Å². The van der Waals surface area contributed by atoms with Crippen molar-refractivity contribution in [1.29, 1.82) is 0 Å². The summed E-state index contributed by atoms with van der Waals surface area (Å²) in [5.41, 5.74) is 1.07. The molecule has 0 unspecified atom stereocenters. The van der Waals surface area contributed by atoms with Gasteiger partial charge in [-0.2, -0.15) is 0 Å². The van der Waals surface area contributed by atoms with Gasteiger partial charge in [-0.15, -0.1) is 0 Å². The summed E-state index contributed by atoms with van der Waals surface area (Å²) in [5.74, 6) is -0.907.